The van der Waals surface area contributed by atoms with Crippen molar-refractivity contribution >= 4 is 5.57 Å². The molecule has 3 aliphatic carbocycles. The molecule has 0 bridgehead atoms. The summed E-state index contributed by atoms with van der Waals surface area (Å²) in [5, 5.41) is 0. The van der Waals surface area contributed by atoms with Crippen LogP contribution in [0.15, 0.2) is 206 Å². The maximum absolute atomic E-state index is 6.92. The maximum Gasteiger partial charge on any atom is 0.160 e. The van der Waals surface area contributed by atoms with E-state index in [2.05, 4.69) is 158 Å². The third-order valence-corrected chi connectivity index (χ3v) is 12.0. The highest BCUT2D eigenvalue weighted by Gasteiger charge is 2.57. The van der Waals surface area contributed by atoms with E-state index in [0.29, 0.717) is 0 Å². The second-order valence-electron chi connectivity index (χ2n) is 15.1. The van der Waals surface area contributed by atoms with E-state index in [-0.39, 0.29) is 17.4 Å². The van der Waals surface area contributed by atoms with Gasteiger partial charge in [0.15, 0.2) is 5.82 Å². The average Bonchev–Trinajstić information content (AvgIpc) is 3.57. The van der Waals surface area contributed by atoms with Gasteiger partial charge < -0.3 is 4.74 Å². The van der Waals surface area contributed by atoms with Gasteiger partial charge in [0.25, 0.3) is 0 Å². The summed E-state index contributed by atoms with van der Waals surface area (Å²) in [4.78, 5) is 9.98. The van der Waals surface area contributed by atoms with Gasteiger partial charge in [-0.15, -0.1) is 0 Å². The lowest BCUT2D eigenvalue weighted by molar-refractivity contribution is 0.0686. The molecule has 7 aromatic rings. The van der Waals surface area contributed by atoms with Crippen molar-refractivity contribution in [3.63, 3.8) is 0 Å². The maximum atomic E-state index is 6.92. The van der Waals surface area contributed by atoms with Crippen LogP contribution in [0.5, 0.6) is 0 Å². The minimum Gasteiger partial charge on any atom is -0.486 e. The molecule has 0 amide bonds. The molecule has 0 saturated carbocycles. The number of fused-ring (bicyclic) bond motifs is 9. The van der Waals surface area contributed by atoms with Crippen molar-refractivity contribution in [2.24, 2.45) is 5.92 Å². The number of allylic oxidation sites excluding steroid dienone is 5. The van der Waals surface area contributed by atoms with E-state index in [0.717, 1.165) is 58.1 Å². The number of ether oxygens (including phenoxy) is 1. The van der Waals surface area contributed by atoms with Gasteiger partial charge in [0, 0.05) is 28.2 Å². The van der Waals surface area contributed by atoms with Crippen molar-refractivity contribution in [1.29, 1.82) is 0 Å². The van der Waals surface area contributed by atoms with Gasteiger partial charge in [-0.2, -0.15) is 0 Å². The van der Waals surface area contributed by atoms with Crippen LogP contribution < -0.4 is 0 Å². The standard InChI is InChI=1S/C53H38N2O/c1-3-13-38(14-4-1)48-34-49(55-52(54-48)40-15-5-2-6-16-40)39-29-27-36(28-30-39)35-23-25-37(26-24-35)41-31-32-47-51(33-41)56-50-22-12-11-21-46(50)53(47)44-19-9-7-17-42(44)43-18-8-10-20-45(43)53/h1-10,13-34,47,51H,11-12H2. The molecule has 266 valence electrons. The molecule has 1 aliphatic heterocycles. The molecule has 2 unspecified atom stereocenters. The molecule has 1 saturated heterocycles. The highest BCUT2D eigenvalue weighted by Crippen LogP contribution is 2.62. The minimum atomic E-state index is -0.283. The van der Waals surface area contributed by atoms with Gasteiger partial charge in [0.05, 0.1) is 16.8 Å². The number of hydrogen-bond acceptors (Lipinski definition) is 3. The Balaban J connectivity index is 0.900. The summed E-state index contributed by atoms with van der Waals surface area (Å²) in [5.41, 5.74) is 16.1. The number of rotatable bonds is 5. The van der Waals surface area contributed by atoms with Gasteiger partial charge >= 0.3 is 0 Å². The Hall–Kier alpha value is -6.84. The van der Waals surface area contributed by atoms with Gasteiger partial charge in [-0.3, -0.25) is 0 Å². The Morgan fingerprint density at radius 1 is 0.500 bits per heavy atom. The molecule has 3 heteroatoms. The second-order valence-corrected chi connectivity index (χ2v) is 15.1. The van der Waals surface area contributed by atoms with Gasteiger partial charge in [0.1, 0.15) is 11.9 Å². The smallest absolute Gasteiger partial charge is 0.160 e. The normalized spacial score (nSPS) is 18.4. The molecule has 0 radical (unpaired) electrons. The van der Waals surface area contributed by atoms with E-state index in [1.54, 1.807) is 0 Å². The van der Waals surface area contributed by atoms with Crippen LogP contribution in [0.25, 0.3) is 61.7 Å². The lowest BCUT2D eigenvalue weighted by Gasteiger charge is -2.50. The summed E-state index contributed by atoms with van der Waals surface area (Å²) in [7, 11) is 0. The van der Waals surface area contributed by atoms with Crippen LogP contribution in [0.3, 0.4) is 0 Å². The molecule has 2 heterocycles. The predicted molar refractivity (Wildman–Crippen MR) is 227 cm³/mol. The fourth-order valence-electron chi connectivity index (χ4n) is 9.46. The second kappa shape index (κ2) is 13.2. The number of aromatic nitrogens is 2. The van der Waals surface area contributed by atoms with Crippen molar-refractivity contribution in [1.82, 2.24) is 9.97 Å². The van der Waals surface area contributed by atoms with E-state index in [9.17, 15) is 0 Å². The summed E-state index contributed by atoms with van der Waals surface area (Å²) in [6.45, 7) is 0. The van der Waals surface area contributed by atoms with E-state index >= 15 is 0 Å². The number of benzene rings is 6. The first kappa shape index (κ1) is 32.6. The molecule has 6 aromatic carbocycles. The molecule has 0 N–H and O–H groups in total. The van der Waals surface area contributed by atoms with E-state index < -0.39 is 0 Å². The molecule has 2 atom stereocenters. The molecule has 56 heavy (non-hydrogen) atoms. The summed E-state index contributed by atoms with van der Waals surface area (Å²) in [6, 6.07) is 58.3. The summed E-state index contributed by atoms with van der Waals surface area (Å²) < 4.78 is 6.92. The van der Waals surface area contributed by atoms with Crippen LogP contribution in [0, 0.1) is 5.92 Å². The van der Waals surface area contributed by atoms with Crippen LogP contribution in [0.1, 0.15) is 29.5 Å². The Morgan fingerprint density at radius 3 is 1.66 bits per heavy atom. The van der Waals surface area contributed by atoms with E-state index in [1.165, 1.54) is 44.5 Å². The zero-order valence-corrected chi connectivity index (χ0v) is 30.8. The fourth-order valence-corrected chi connectivity index (χ4v) is 9.46. The first-order valence-corrected chi connectivity index (χ1v) is 19.6. The minimum absolute atomic E-state index is 0.0884. The Kier molecular flexibility index (Phi) is 7.67. The molecule has 4 aliphatic rings. The van der Waals surface area contributed by atoms with Crippen molar-refractivity contribution in [2.45, 2.75) is 24.4 Å². The summed E-state index contributed by atoms with van der Waals surface area (Å²) >= 11 is 0. The highest BCUT2D eigenvalue weighted by molar-refractivity contribution is 5.86. The fraction of sp³-hybridized carbons (Fsp3) is 0.0943. The zero-order valence-electron chi connectivity index (χ0n) is 30.8. The summed E-state index contributed by atoms with van der Waals surface area (Å²) in [6.07, 6.45) is 13.8. The lowest BCUT2D eigenvalue weighted by atomic mass is 9.58. The number of hydrogen-bond donors (Lipinski definition) is 0. The summed E-state index contributed by atoms with van der Waals surface area (Å²) in [5.74, 6) is 1.90. The van der Waals surface area contributed by atoms with Crippen molar-refractivity contribution in [3.05, 3.63) is 222 Å². The first-order valence-electron chi connectivity index (χ1n) is 19.6. The molecule has 1 aromatic heterocycles. The molecular weight excluding hydrogens is 681 g/mol. The Morgan fingerprint density at radius 2 is 1.02 bits per heavy atom. The quantitative estimate of drug-likeness (QED) is 0.178. The van der Waals surface area contributed by atoms with E-state index in [4.69, 9.17) is 14.7 Å². The van der Waals surface area contributed by atoms with Crippen LogP contribution in [-0.2, 0) is 10.2 Å². The van der Waals surface area contributed by atoms with Crippen LogP contribution >= 0.6 is 0 Å². The largest absolute Gasteiger partial charge is 0.486 e. The number of nitrogens with zero attached hydrogens (tertiary/aromatic N) is 2. The van der Waals surface area contributed by atoms with Crippen molar-refractivity contribution in [3.8, 4) is 56.2 Å². The Labute approximate surface area is 327 Å². The molecule has 1 spiro atoms. The monoisotopic (exact) mass is 718 g/mol. The topological polar surface area (TPSA) is 35.0 Å². The van der Waals surface area contributed by atoms with Gasteiger partial charge in [-0.1, -0.05) is 176 Å². The molecule has 3 nitrogen and oxygen atoms in total. The van der Waals surface area contributed by atoms with Crippen LogP contribution in [-0.4, -0.2) is 16.1 Å². The zero-order chi connectivity index (χ0) is 37.1. The average molecular weight is 719 g/mol. The first-order chi connectivity index (χ1) is 27.7. The van der Waals surface area contributed by atoms with Gasteiger partial charge in [0.2, 0.25) is 0 Å². The SMILES string of the molecule is C1=CC2C(C=C1c1ccc(-c3ccc(-c4cc(-c5ccccc5)nc(-c5ccccc5)n4)cc3)cc1)OC1=CCCC=C1C21c2ccccc2-c2ccccc21. The molecule has 11 rings (SSSR count). The third-order valence-electron chi connectivity index (χ3n) is 12.0. The molecular formula is C53H38N2O. The molecule has 1 fully saturated rings. The van der Waals surface area contributed by atoms with Crippen molar-refractivity contribution in [2.75, 3.05) is 0 Å². The predicted octanol–water partition coefficient (Wildman–Crippen LogP) is 12.7. The highest BCUT2D eigenvalue weighted by atomic mass is 16.5. The Bertz CT molecular complexity index is 2650. The third kappa shape index (κ3) is 5.19. The van der Waals surface area contributed by atoms with E-state index in [1.807, 2.05) is 36.4 Å². The van der Waals surface area contributed by atoms with Crippen molar-refractivity contribution < 1.29 is 4.74 Å². The van der Waals surface area contributed by atoms with Crippen LogP contribution in [0.2, 0.25) is 0 Å². The van der Waals surface area contributed by atoms with Crippen LogP contribution in [0.4, 0.5) is 0 Å². The lowest BCUT2D eigenvalue weighted by Crippen LogP contribution is -2.48. The van der Waals surface area contributed by atoms with Gasteiger partial charge in [-0.25, -0.2) is 9.97 Å². The van der Waals surface area contributed by atoms with Gasteiger partial charge in [-0.05, 0) is 75.6 Å².